The van der Waals surface area contributed by atoms with Gasteiger partial charge in [0.25, 0.3) is 0 Å². The molecule has 1 saturated heterocycles. The predicted molar refractivity (Wildman–Crippen MR) is 90.0 cm³/mol. The van der Waals surface area contributed by atoms with Crippen molar-refractivity contribution < 1.29 is 4.74 Å². The smallest absolute Gasteiger partial charge is 0.141 e. The topological polar surface area (TPSA) is 43.2 Å². The van der Waals surface area contributed by atoms with Crippen LogP contribution in [0.1, 0.15) is 45.1 Å². The predicted octanol–water partition coefficient (Wildman–Crippen LogP) is 3.00. The summed E-state index contributed by atoms with van der Waals surface area (Å²) in [6, 6.07) is 10.8. The van der Waals surface area contributed by atoms with Crippen LogP contribution >= 0.6 is 0 Å². The Bertz CT molecular complexity index is 632. The first-order valence-corrected chi connectivity index (χ1v) is 8.25. The van der Waals surface area contributed by atoms with Crippen LogP contribution in [0.2, 0.25) is 0 Å². The third-order valence-corrected chi connectivity index (χ3v) is 4.25. The molecule has 2 aromatic rings. The summed E-state index contributed by atoms with van der Waals surface area (Å²) in [6.07, 6.45) is 1.89. The Hall–Kier alpha value is -1.72. The Labute approximate surface area is 138 Å². The third-order valence-electron chi connectivity index (χ3n) is 4.25. The van der Waals surface area contributed by atoms with Gasteiger partial charge in [-0.2, -0.15) is 5.10 Å². The number of morpholine rings is 1. The molecule has 0 unspecified atom stereocenters. The number of nitrogens with zero attached hydrogens (tertiary/aromatic N) is 4. The highest BCUT2D eigenvalue weighted by Gasteiger charge is 2.30. The molecule has 1 aromatic carbocycles. The van der Waals surface area contributed by atoms with Gasteiger partial charge in [0.1, 0.15) is 12.2 Å². The molecule has 5 nitrogen and oxygen atoms in total. The van der Waals surface area contributed by atoms with Crippen LogP contribution in [-0.4, -0.2) is 38.9 Å². The summed E-state index contributed by atoms with van der Waals surface area (Å²) in [5, 5.41) is 4.42. The lowest BCUT2D eigenvalue weighted by atomic mass is 10.0. The standard InChI is InChI=1S/C18H26N4O/c1-14-10-21(11-17-19-13-20-22(17)18(2,3)4)16(12-23-14)15-8-6-5-7-9-15/h5-9,13-14,16H,10-12H2,1-4H3/t14-,16-/m1/s1. The third kappa shape index (κ3) is 3.62. The molecule has 2 atom stereocenters. The van der Waals surface area contributed by atoms with E-state index in [4.69, 9.17) is 4.74 Å². The van der Waals surface area contributed by atoms with E-state index < -0.39 is 0 Å². The van der Waals surface area contributed by atoms with Crippen LogP contribution in [0, 0.1) is 0 Å². The van der Waals surface area contributed by atoms with Gasteiger partial charge in [-0.1, -0.05) is 30.3 Å². The van der Waals surface area contributed by atoms with E-state index in [0.29, 0.717) is 0 Å². The molecule has 1 aliphatic rings. The number of aromatic nitrogens is 3. The summed E-state index contributed by atoms with van der Waals surface area (Å²) in [7, 11) is 0. The first-order valence-electron chi connectivity index (χ1n) is 8.25. The molecule has 3 rings (SSSR count). The normalized spacial score (nSPS) is 23.1. The average molecular weight is 314 g/mol. The second-order valence-electron chi connectivity index (χ2n) is 7.26. The van der Waals surface area contributed by atoms with Gasteiger partial charge >= 0.3 is 0 Å². The Balaban J connectivity index is 1.85. The molecule has 0 bridgehead atoms. The molecular formula is C18H26N4O. The zero-order valence-electron chi connectivity index (χ0n) is 14.4. The van der Waals surface area contributed by atoms with Gasteiger partial charge in [0, 0.05) is 6.54 Å². The van der Waals surface area contributed by atoms with E-state index in [1.807, 2.05) is 4.68 Å². The highest BCUT2D eigenvalue weighted by molar-refractivity contribution is 5.20. The number of benzene rings is 1. The fraction of sp³-hybridized carbons (Fsp3) is 0.556. The van der Waals surface area contributed by atoms with Crippen molar-refractivity contribution in [3.8, 4) is 0 Å². The summed E-state index contributed by atoms with van der Waals surface area (Å²) in [5.74, 6) is 1.01. The Morgan fingerprint density at radius 3 is 2.65 bits per heavy atom. The van der Waals surface area contributed by atoms with Crippen LogP contribution in [0.4, 0.5) is 0 Å². The number of hydrogen-bond donors (Lipinski definition) is 0. The molecule has 124 valence electrons. The van der Waals surface area contributed by atoms with Gasteiger partial charge in [0.05, 0.1) is 30.8 Å². The second-order valence-corrected chi connectivity index (χ2v) is 7.26. The lowest BCUT2D eigenvalue weighted by Gasteiger charge is -2.39. The van der Waals surface area contributed by atoms with E-state index in [9.17, 15) is 0 Å². The van der Waals surface area contributed by atoms with Crippen molar-refractivity contribution in [1.82, 2.24) is 19.7 Å². The minimum absolute atomic E-state index is 0.0635. The summed E-state index contributed by atoms with van der Waals surface area (Å²) < 4.78 is 7.93. The SMILES string of the molecule is C[C@@H]1CN(Cc2ncnn2C(C)(C)C)[C@@H](c2ccccc2)CO1. The molecule has 0 N–H and O–H groups in total. The van der Waals surface area contributed by atoms with Gasteiger partial charge in [-0.05, 0) is 33.3 Å². The number of hydrogen-bond acceptors (Lipinski definition) is 4. The van der Waals surface area contributed by atoms with Crippen molar-refractivity contribution in [3.05, 3.63) is 48.0 Å². The number of ether oxygens (including phenoxy) is 1. The van der Waals surface area contributed by atoms with E-state index in [-0.39, 0.29) is 17.7 Å². The van der Waals surface area contributed by atoms with Crippen LogP contribution in [0.5, 0.6) is 0 Å². The van der Waals surface area contributed by atoms with E-state index in [1.165, 1.54) is 5.56 Å². The maximum absolute atomic E-state index is 5.91. The molecule has 0 amide bonds. The molecular weight excluding hydrogens is 288 g/mol. The van der Waals surface area contributed by atoms with Gasteiger partial charge in [-0.3, -0.25) is 4.90 Å². The highest BCUT2D eigenvalue weighted by atomic mass is 16.5. The Morgan fingerprint density at radius 1 is 1.22 bits per heavy atom. The Kier molecular flexibility index (Phi) is 4.50. The fourth-order valence-electron chi connectivity index (χ4n) is 3.14. The lowest BCUT2D eigenvalue weighted by Crippen LogP contribution is -2.44. The minimum Gasteiger partial charge on any atom is -0.375 e. The molecule has 2 heterocycles. The molecule has 1 aliphatic heterocycles. The van der Waals surface area contributed by atoms with Crippen molar-refractivity contribution >= 4 is 0 Å². The van der Waals surface area contributed by atoms with Crippen molar-refractivity contribution in [2.24, 2.45) is 0 Å². The molecule has 0 aliphatic carbocycles. The van der Waals surface area contributed by atoms with Crippen LogP contribution in [0.3, 0.4) is 0 Å². The van der Waals surface area contributed by atoms with E-state index in [2.05, 4.69) is 73.0 Å². The first-order chi connectivity index (χ1) is 10.9. The summed E-state index contributed by atoms with van der Waals surface area (Å²) in [6.45, 7) is 11.0. The molecule has 1 aromatic heterocycles. The van der Waals surface area contributed by atoms with Crippen molar-refractivity contribution in [1.29, 1.82) is 0 Å². The molecule has 0 radical (unpaired) electrons. The van der Waals surface area contributed by atoms with Crippen molar-refractivity contribution in [3.63, 3.8) is 0 Å². The first kappa shape index (κ1) is 16.1. The fourth-order valence-corrected chi connectivity index (χ4v) is 3.14. The van der Waals surface area contributed by atoms with Crippen molar-refractivity contribution in [2.45, 2.75) is 51.9 Å². The van der Waals surface area contributed by atoms with Gasteiger partial charge in [0.2, 0.25) is 0 Å². The van der Waals surface area contributed by atoms with E-state index in [1.54, 1.807) is 6.33 Å². The maximum Gasteiger partial charge on any atom is 0.141 e. The summed E-state index contributed by atoms with van der Waals surface area (Å²) in [4.78, 5) is 6.95. The largest absolute Gasteiger partial charge is 0.375 e. The van der Waals surface area contributed by atoms with Gasteiger partial charge < -0.3 is 4.74 Å². The number of rotatable bonds is 3. The van der Waals surface area contributed by atoms with Gasteiger partial charge in [-0.15, -0.1) is 0 Å². The van der Waals surface area contributed by atoms with Crippen LogP contribution < -0.4 is 0 Å². The van der Waals surface area contributed by atoms with Crippen LogP contribution in [0.15, 0.2) is 36.7 Å². The molecule has 0 saturated carbocycles. The highest BCUT2D eigenvalue weighted by Crippen LogP contribution is 2.28. The molecule has 23 heavy (non-hydrogen) atoms. The minimum atomic E-state index is -0.0635. The maximum atomic E-state index is 5.91. The molecule has 1 fully saturated rings. The molecule has 5 heteroatoms. The van der Waals surface area contributed by atoms with Crippen LogP contribution in [-0.2, 0) is 16.8 Å². The van der Waals surface area contributed by atoms with Crippen LogP contribution in [0.25, 0.3) is 0 Å². The van der Waals surface area contributed by atoms with E-state index in [0.717, 1.165) is 25.5 Å². The van der Waals surface area contributed by atoms with E-state index >= 15 is 0 Å². The van der Waals surface area contributed by atoms with Gasteiger partial charge in [-0.25, -0.2) is 9.67 Å². The lowest BCUT2D eigenvalue weighted by molar-refractivity contribution is -0.0613. The Morgan fingerprint density at radius 2 is 1.96 bits per heavy atom. The monoisotopic (exact) mass is 314 g/mol. The van der Waals surface area contributed by atoms with Crippen molar-refractivity contribution in [2.75, 3.05) is 13.2 Å². The van der Waals surface area contributed by atoms with Gasteiger partial charge in [0.15, 0.2) is 0 Å². The second kappa shape index (κ2) is 6.42. The molecule has 0 spiro atoms. The zero-order chi connectivity index (χ0) is 16.4. The summed E-state index contributed by atoms with van der Waals surface area (Å²) in [5.41, 5.74) is 1.23. The quantitative estimate of drug-likeness (QED) is 0.873. The zero-order valence-corrected chi connectivity index (χ0v) is 14.4. The average Bonchev–Trinajstić information content (AvgIpc) is 2.97. The summed E-state index contributed by atoms with van der Waals surface area (Å²) >= 11 is 0.